The van der Waals surface area contributed by atoms with E-state index in [4.69, 9.17) is 4.55 Å². The van der Waals surface area contributed by atoms with Gasteiger partial charge in [0.25, 0.3) is 10.1 Å². The van der Waals surface area contributed by atoms with E-state index in [2.05, 4.69) is 5.73 Å². The van der Waals surface area contributed by atoms with Crippen molar-refractivity contribution in [1.29, 1.82) is 0 Å². The molecule has 0 unspecified atom stereocenters. The van der Waals surface area contributed by atoms with Crippen molar-refractivity contribution < 1.29 is 18.7 Å². The topological polar surface area (TPSA) is 82.0 Å². The molecule has 4 nitrogen and oxygen atoms in total. The van der Waals surface area contributed by atoms with Gasteiger partial charge in [-0.25, -0.2) is 0 Å². The second-order valence-electron chi connectivity index (χ2n) is 2.08. The maximum absolute atomic E-state index is 10.6. The standard InChI is InChI=1S/C6H7NO3S/c7-5-3-1-2-4-6(5)11(8,9)10/h1-4H,7H2,(H,8,9,10)/p+1. The van der Waals surface area contributed by atoms with Gasteiger partial charge in [-0.3, -0.25) is 4.55 Å². The first-order valence-corrected chi connectivity index (χ1v) is 4.34. The molecule has 11 heavy (non-hydrogen) atoms. The molecule has 0 radical (unpaired) electrons. The fourth-order valence-corrected chi connectivity index (χ4v) is 1.41. The van der Waals surface area contributed by atoms with Gasteiger partial charge in [0, 0.05) is 6.07 Å². The zero-order chi connectivity index (χ0) is 8.48. The fourth-order valence-electron chi connectivity index (χ4n) is 0.755. The third-order valence-corrected chi connectivity index (χ3v) is 2.20. The lowest BCUT2D eigenvalue weighted by molar-refractivity contribution is -0.258. The van der Waals surface area contributed by atoms with E-state index >= 15 is 0 Å². The Balaban J connectivity index is 3.37. The molecule has 0 atom stereocenters. The van der Waals surface area contributed by atoms with Crippen LogP contribution >= 0.6 is 0 Å². The summed E-state index contributed by atoms with van der Waals surface area (Å²) in [6.45, 7) is 0. The maximum Gasteiger partial charge on any atom is 0.300 e. The predicted molar refractivity (Wildman–Crippen MR) is 38.8 cm³/mol. The van der Waals surface area contributed by atoms with Crippen LogP contribution in [-0.2, 0) is 10.1 Å². The van der Waals surface area contributed by atoms with Gasteiger partial charge in [-0.05, 0) is 6.07 Å². The Bertz CT molecular complexity index is 358. The Hall–Kier alpha value is -0.910. The van der Waals surface area contributed by atoms with E-state index < -0.39 is 10.1 Å². The molecule has 1 aromatic carbocycles. The Morgan fingerprint density at radius 3 is 2.18 bits per heavy atom. The van der Waals surface area contributed by atoms with E-state index in [9.17, 15) is 8.42 Å². The van der Waals surface area contributed by atoms with Gasteiger partial charge < -0.3 is 5.73 Å². The number of hydrogen-bond acceptors (Lipinski definition) is 2. The van der Waals surface area contributed by atoms with Crippen LogP contribution in [0.1, 0.15) is 0 Å². The van der Waals surface area contributed by atoms with Gasteiger partial charge in [-0.2, -0.15) is 8.42 Å². The van der Waals surface area contributed by atoms with Crippen LogP contribution in [0.5, 0.6) is 0 Å². The van der Waals surface area contributed by atoms with Crippen molar-refractivity contribution in [1.82, 2.24) is 0 Å². The molecule has 60 valence electrons. The zero-order valence-electron chi connectivity index (χ0n) is 5.69. The quantitative estimate of drug-likeness (QED) is 0.579. The minimum absolute atomic E-state index is 0.139. The zero-order valence-corrected chi connectivity index (χ0v) is 6.50. The molecular formula is C6H8NO3S+. The summed E-state index contributed by atoms with van der Waals surface area (Å²) in [5, 5.41) is 0. The summed E-state index contributed by atoms with van der Waals surface area (Å²) in [5.74, 6) is 0. The van der Waals surface area contributed by atoms with Crippen LogP contribution < -0.4 is 5.73 Å². The molecule has 0 saturated heterocycles. The third-order valence-electron chi connectivity index (χ3n) is 1.25. The minimum atomic E-state index is -4.10. The van der Waals surface area contributed by atoms with Crippen LogP contribution in [0.4, 0.5) is 5.69 Å². The van der Waals surface area contributed by atoms with E-state index in [0.29, 0.717) is 5.69 Å². The molecule has 0 spiro atoms. The molecule has 0 bridgehead atoms. The van der Waals surface area contributed by atoms with E-state index in [-0.39, 0.29) is 4.90 Å². The molecular weight excluding hydrogens is 166 g/mol. The highest BCUT2D eigenvalue weighted by Crippen LogP contribution is 2.14. The first-order valence-electron chi connectivity index (χ1n) is 2.90. The maximum atomic E-state index is 10.6. The van der Waals surface area contributed by atoms with E-state index in [1.54, 1.807) is 6.07 Å². The monoisotopic (exact) mass is 174 g/mol. The molecule has 0 aliphatic rings. The summed E-state index contributed by atoms with van der Waals surface area (Å²) >= 11 is 0. The van der Waals surface area contributed by atoms with Gasteiger partial charge in [0.2, 0.25) is 0 Å². The molecule has 4 N–H and O–H groups in total. The SMILES string of the molecule is [NH3+]c1ccccc1S(=O)(=O)O. The van der Waals surface area contributed by atoms with Crippen LogP contribution in [0.15, 0.2) is 29.2 Å². The Labute approximate surface area is 64.4 Å². The second kappa shape index (κ2) is 2.61. The average Bonchev–Trinajstić information content (AvgIpc) is 1.86. The highest BCUT2D eigenvalue weighted by atomic mass is 32.2. The minimum Gasteiger partial charge on any atom is -0.324 e. The van der Waals surface area contributed by atoms with Crippen LogP contribution in [0, 0.1) is 0 Å². The summed E-state index contributed by atoms with van der Waals surface area (Å²) in [4.78, 5) is -0.139. The molecule has 0 amide bonds. The summed E-state index contributed by atoms with van der Waals surface area (Å²) < 4.78 is 29.7. The molecule has 0 fully saturated rings. The highest BCUT2D eigenvalue weighted by Gasteiger charge is 2.14. The third kappa shape index (κ3) is 1.76. The molecule has 0 aliphatic heterocycles. The highest BCUT2D eigenvalue weighted by molar-refractivity contribution is 7.86. The van der Waals surface area contributed by atoms with Crippen LogP contribution in [-0.4, -0.2) is 13.0 Å². The van der Waals surface area contributed by atoms with Crippen molar-refractivity contribution in [3.8, 4) is 0 Å². The first kappa shape index (κ1) is 8.19. The lowest BCUT2D eigenvalue weighted by atomic mass is 10.3. The van der Waals surface area contributed by atoms with E-state index in [1.807, 2.05) is 0 Å². The summed E-state index contributed by atoms with van der Waals surface area (Å²) in [6, 6.07) is 6.00. The number of benzene rings is 1. The number of rotatable bonds is 1. The smallest absolute Gasteiger partial charge is 0.300 e. The Kier molecular flexibility index (Phi) is 1.95. The van der Waals surface area contributed by atoms with Crippen molar-refractivity contribution in [2.45, 2.75) is 4.90 Å². The van der Waals surface area contributed by atoms with Crippen molar-refractivity contribution in [2.75, 3.05) is 0 Å². The molecule has 0 saturated carbocycles. The predicted octanol–water partition coefficient (Wildman–Crippen LogP) is -0.193. The molecule has 0 aliphatic carbocycles. The molecule has 1 aromatic rings. The molecule has 0 heterocycles. The van der Waals surface area contributed by atoms with Gasteiger partial charge in [0.15, 0.2) is 4.90 Å². The molecule has 1 rings (SSSR count). The van der Waals surface area contributed by atoms with Crippen molar-refractivity contribution in [3.63, 3.8) is 0 Å². The Morgan fingerprint density at radius 1 is 1.27 bits per heavy atom. The van der Waals surface area contributed by atoms with Gasteiger partial charge in [0.1, 0.15) is 5.69 Å². The summed E-state index contributed by atoms with van der Waals surface area (Å²) in [5.41, 5.74) is 3.75. The molecule has 0 aromatic heterocycles. The van der Waals surface area contributed by atoms with Crippen molar-refractivity contribution in [3.05, 3.63) is 24.3 Å². The van der Waals surface area contributed by atoms with Gasteiger partial charge >= 0.3 is 0 Å². The van der Waals surface area contributed by atoms with Crippen LogP contribution in [0.2, 0.25) is 0 Å². The van der Waals surface area contributed by atoms with Gasteiger partial charge in [-0.1, -0.05) is 12.1 Å². The van der Waals surface area contributed by atoms with Gasteiger partial charge in [-0.15, -0.1) is 0 Å². The Morgan fingerprint density at radius 2 is 1.82 bits per heavy atom. The number of quaternary nitrogens is 1. The van der Waals surface area contributed by atoms with E-state index in [0.717, 1.165) is 0 Å². The van der Waals surface area contributed by atoms with Crippen LogP contribution in [0.25, 0.3) is 0 Å². The normalized spacial score (nSPS) is 11.5. The van der Waals surface area contributed by atoms with Crippen molar-refractivity contribution >= 4 is 15.8 Å². The molecule has 5 heteroatoms. The van der Waals surface area contributed by atoms with E-state index in [1.165, 1.54) is 18.2 Å². The number of hydrogen-bond donors (Lipinski definition) is 2. The second-order valence-corrected chi connectivity index (χ2v) is 3.47. The largest absolute Gasteiger partial charge is 0.324 e. The fraction of sp³-hybridized carbons (Fsp3) is 0. The summed E-state index contributed by atoms with van der Waals surface area (Å²) in [7, 11) is -4.10. The van der Waals surface area contributed by atoms with Crippen molar-refractivity contribution in [2.24, 2.45) is 0 Å². The lowest BCUT2D eigenvalue weighted by Gasteiger charge is -1.95. The summed E-state index contributed by atoms with van der Waals surface area (Å²) in [6.07, 6.45) is 0. The van der Waals surface area contributed by atoms with Crippen LogP contribution in [0.3, 0.4) is 0 Å². The first-order chi connectivity index (χ1) is 5.02. The lowest BCUT2D eigenvalue weighted by Crippen LogP contribution is -2.41. The average molecular weight is 174 g/mol. The van der Waals surface area contributed by atoms with Gasteiger partial charge in [0.05, 0.1) is 0 Å².